The van der Waals surface area contributed by atoms with E-state index in [9.17, 15) is 9.18 Å². The Balaban J connectivity index is 2.50. The van der Waals surface area contributed by atoms with Crippen LogP contribution in [-0.2, 0) is 0 Å². The van der Waals surface area contributed by atoms with Gasteiger partial charge in [0.2, 0.25) is 0 Å². The fourth-order valence-electron chi connectivity index (χ4n) is 2.80. The van der Waals surface area contributed by atoms with Crippen LogP contribution in [0, 0.1) is 5.82 Å². The molecule has 2 rings (SSSR count). The molecule has 0 fully saturated rings. The van der Waals surface area contributed by atoms with Crippen molar-refractivity contribution in [1.82, 2.24) is 10.2 Å². The molecule has 0 aromatic heterocycles. The van der Waals surface area contributed by atoms with Crippen molar-refractivity contribution in [2.45, 2.75) is 19.4 Å². The Morgan fingerprint density at radius 1 is 1.36 bits per heavy atom. The van der Waals surface area contributed by atoms with E-state index in [1.165, 1.54) is 12.1 Å². The van der Waals surface area contributed by atoms with Gasteiger partial charge in [-0.2, -0.15) is 0 Å². The third-order valence-corrected chi connectivity index (χ3v) is 3.84. The number of hydrogen-bond donors (Lipinski definition) is 1. The summed E-state index contributed by atoms with van der Waals surface area (Å²) in [5.41, 5.74) is 2.88. The molecular formula is C18H21FN2O. The van der Waals surface area contributed by atoms with Gasteiger partial charge in [0.1, 0.15) is 5.82 Å². The number of rotatable bonds is 4. The second kappa shape index (κ2) is 7.07. The molecule has 4 heteroatoms. The van der Waals surface area contributed by atoms with E-state index in [-0.39, 0.29) is 17.9 Å². The van der Waals surface area contributed by atoms with Crippen LogP contribution >= 0.6 is 0 Å². The van der Waals surface area contributed by atoms with Gasteiger partial charge in [0.15, 0.2) is 0 Å². The number of amides is 2. The Kier molecular flexibility index (Phi) is 5.15. The monoisotopic (exact) mass is 300 g/mol. The first-order valence-electron chi connectivity index (χ1n) is 7.40. The summed E-state index contributed by atoms with van der Waals surface area (Å²) in [6, 6.07) is 5.84. The topological polar surface area (TPSA) is 32.3 Å². The normalized spacial score (nSPS) is 18.1. The van der Waals surface area contributed by atoms with Crippen LogP contribution in [0.5, 0.6) is 0 Å². The number of allylic oxidation sites excluding steroid dienone is 1. The lowest BCUT2D eigenvalue weighted by Crippen LogP contribution is -2.45. The minimum Gasteiger partial charge on any atom is -0.338 e. The van der Waals surface area contributed by atoms with Crippen LogP contribution in [0.3, 0.4) is 0 Å². The molecule has 0 saturated heterocycles. The third kappa shape index (κ3) is 3.11. The molecule has 1 heterocycles. The summed E-state index contributed by atoms with van der Waals surface area (Å²) in [7, 11) is 0. The Labute approximate surface area is 130 Å². The van der Waals surface area contributed by atoms with Crippen LogP contribution < -0.4 is 5.32 Å². The summed E-state index contributed by atoms with van der Waals surface area (Å²) in [6.45, 7) is 10.8. The molecule has 2 amide bonds. The van der Waals surface area contributed by atoms with E-state index in [0.717, 1.165) is 23.1 Å². The Morgan fingerprint density at radius 3 is 2.59 bits per heavy atom. The lowest BCUT2D eigenvalue weighted by atomic mass is 9.88. The molecule has 0 bridgehead atoms. The fraction of sp³-hybridized carbons (Fsp3) is 0.278. The van der Waals surface area contributed by atoms with Crippen molar-refractivity contribution in [2.75, 3.05) is 13.1 Å². The molecule has 0 spiro atoms. The SMILES string of the molecule is C=CC1=C(C=C)[C@H](c2ccc(F)cc2)N(C(=O)NCC)CC1. The van der Waals surface area contributed by atoms with E-state index in [4.69, 9.17) is 0 Å². The van der Waals surface area contributed by atoms with Crippen molar-refractivity contribution in [3.8, 4) is 0 Å². The van der Waals surface area contributed by atoms with Crippen molar-refractivity contribution in [3.63, 3.8) is 0 Å². The summed E-state index contributed by atoms with van der Waals surface area (Å²) < 4.78 is 13.2. The van der Waals surface area contributed by atoms with Gasteiger partial charge in [-0.15, -0.1) is 0 Å². The molecule has 3 nitrogen and oxygen atoms in total. The minimum absolute atomic E-state index is 0.126. The maximum atomic E-state index is 13.2. The van der Waals surface area contributed by atoms with Gasteiger partial charge >= 0.3 is 6.03 Å². The maximum Gasteiger partial charge on any atom is 0.318 e. The summed E-state index contributed by atoms with van der Waals surface area (Å²) >= 11 is 0. The highest BCUT2D eigenvalue weighted by atomic mass is 19.1. The van der Waals surface area contributed by atoms with Crippen molar-refractivity contribution in [1.29, 1.82) is 0 Å². The van der Waals surface area contributed by atoms with Crippen molar-refractivity contribution in [2.24, 2.45) is 0 Å². The van der Waals surface area contributed by atoms with E-state index in [0.29, 0.717) is 13.1 Å². The molecule has 0 saturated carbocycles. The molecule has 1 atom stereocenters. The van der Waals surface area contributed by atoms with Gasteiger partial charge in [-0.1, -0.05) is 37.4 Å². The molecular weight excluding hydrogens is 279 g/mol. The van der Waals surface area contributed by atoms with Gasteiger partial charge in [-0.25, -0.2) is 9.18 Å². The van der Waals surface area contributed by atoms with E-state index >= 15 is 0 Å². The smallest absolute Gasteiger partial charge is 0.318 e. The number of nitrogens with one attached hydrogen (secondary N) is 1. The number of carbonyl (C=O) groups excluding carboxylic acids is 1. The highest BCUT2D eigenvalue weighted by Gasteiger charge is 2.31. The molecule has 0 unspecified atom stereocenters. The highest BCUT2D eigenvalue weighted by molar-refractivity contribution is 5.76. The molecule has 116 valence electrons. The van der Waals surface area contributed by atoms with Crippen molar-refractivity contribution < 1.29 is 9.18 Å². The van der Waals surface area contributed by atoms with E-state index in [2.05, 4.69) is 18.5 Å². The second-order valence-corrected chi connectivity index (χ2v) is 5.12. The van der Waals surface area contributed by atoms with E-state index in [1.54, 1.807) is 23.1 Å². The second-order valence-electron chi connectivity index (χ2n) is 5.12. The Morgan fingerprint density at radius 2 is 2.05 bits per heavy atom. The lowest BCUT2D eigenvalue weighted by Gasteiger charge is -2.38. The Hall–Kier alpha value is -2.36. The average Bonchev–Trinajstić information content (AvgIpc) is 2.54. The molecule has 22 heavy (non-hydrogen) atoms. The number of hydrogen-bond acceptors (Lipinski definition) is 1. The Bertz CT molecular complexity index is 604. The molecule has 0 aliphatic carbocycles. The summed E-state index contributed by atoms with van der Waals surface area (Å²) in [5, 5.41) is 2.83. The number of nitrogens with zero attached hydrogens (tertiary/aromatic N) is 1. The largest absolute Gasteiger partial charge is 0.338 e. The van der Waals surface area contributed by atoms with Gasteiger partial charge < -0.3 is 10.2 Å². The zero-order valence-electron chi connectivity index (χ0n) is 12.8. The van der Waals surface area contributed by atoms with Crippen LogP contribution in [0.15, 0.2) is 60.7 Å². The van der Waals surface area contributed by atoms with Gasteiger partial charge in [-0.3, -0.25) is 0 Å². The third-order valence-electron chi connectivity index (χ3n) is 3.84. The summed E-state index contributed by atoms with van der Waals surface area (Å²) in [4.78, 5) is 14.1. The predicted octanol–water partition coefficient (Wildman–Crippen LogP) is 3.97. The summed E-state index contributed by atoms with van der Waals surface area (Å²) in [5.74, 6) is -0.294. The van der Waals surface area contributed by atoms with Gasteiger partial charge in [0.25, 0.3) is 0 Å². The van der Waals surface area contributed by atoms with Crippen LogP contribution in [0.25, 0.3) is 0 Å². The lowest BCUT2D eigenvalue weighted by molar-refractivity contribution is 0.181. The van der Waals surface area contributed by atoms with Crippen LogP contribution in [0.4, 0.5) is 9.18 Å². The first-order chi connectivity index (χ1) is 10.6. The van der Waals surface area contributed by atoms with E-state index in [1.807, 2.05) is 13.0 Å². The number of urea groups is 1. The molecule has 1 N–H and O–H groups in total. The fourth-order valence-corrected chi connectivity index (χ4v) is 2.80. The van der Waals surface area contributed by atoms with Gasteiger partial charge in [0.05, 0.1) is 6.04 Å². The standard InChI is InChI=1S/C18H21FN2O/c1-4-13-11-12-21(18(22)20-6-3)17(16(13)5-2)14-7-9-15(19)10-8-14/h4-5,7-10,17H,1-2,6,11-12H2,3H3,(H,20,22)/t17-/m0/s1. The zero-order chi connectivity index (χ0) is 16.1. The maximum absolute atomic E-state index is 13.2. The van der Waals surface area contributed by atoms with Gasteiger partial charge in [0, 0.05) is 13.1 Å². The highest BCUT2D eigenvalue weighted by Crippen LogP contribution is 2.36. The van der Waals surface area contributed by atoms with Crippen molar-refractivity contribution >= 4 is 6.03 Å². The zero-order valence-corrected chi connectivity index (χ0v) is 12.8. The van der Waals surface area contributed by atoms with Crippen molar-refractivity contribution in [3.05, 3.63) is 72.1 Å². The van der Waals surface area contributed by atoms with Crippen LogP contribution in [0.2, 0.25) is 0 Å². The number of carbonyl (C=O) groups is 1. The number of halogens is 1. The van der Waals surface area contributed by atoms with E-state index < -0.39 is 0 Å². The number of benzene rings is 1. The van der Waals surface area contributed by atoms with Gasteiger partial charge in [-0.05, 0) is 42.2 Å². The van der Waals surface area contributed by atoms with Crippen LogP contribution in [-0.4, -0.2) is 24.0 Å². The average molecular weight is 300 g/mol. The molecule has 1 aromatic rings. The quantitative estimate of drug-likeness (QED) is 0.896. The predicted molar refractivity (Wildman–Crippen MR) is 87.0 cm³/mol. The first kappa shape index (κ1) is 16.0. The molecule has 1 aliphatic rings. The molecule has 0 radical (unpaired) electrons. The summed E-state index contributed by atoms with van der Waals surface area (Å²) in [6.07, 6.45) is 4.30. The minimum atomic E-state index is -0.294. The first-order valence-corrected chi connectivity index (χ1v) is 7.40. The molecule has 1 aliphatic heterocycles. The van der Waals surface area contributed by atoms with Crippen LogP contribution in [0.1, 0.15) is 24.9 Å². The molecule has 1 aromatic carbocycles.